The SMILES string of the molecule is COc1cc2c(cc1OC)C(=Cc1ccc([N+](=O)[O-])o1)C(=O)N2. The molecule has 0 aliphatic carbocycles. The van der Waals surface area contributed by atoms with E-state index in [0.29, 0.717) is 28.3 Å². The Bertz CT molecular complexity index is 836. The maximum atomic E-state index is 12.1. The van der Waals surface area contributed by atoms with Gasteiger partial charge in [0, 0.05) is 11.6 Å². The highest BCUT2D eigenvalue weighted by atomic mass is 16.6. The Morgan fingerprint density at radius 1 is 1.22 bits per heavy atom. The first-order valence-corrected chi connectivity index (χ1v) is 6.57. The Hall–Kier alpha value is -3.29. The average Bonchev–Trinajstić information content (AvgIpc) is 3.11. The number of hydrogen-bond donors (Lipinski definition) is 1. The molecule has 23 heavy (non-hydrogen) atoms. The fraction of sp³-hybridized carbons (Fsp3) is 0.133. The number of nitrogens with zero attached hydrogens (tertiary/aromatic N) is 1. The van der Waals surface area contributed by atoms with Crippen molar-refractivity contribution >= 4 is 29.1 Å². The summed E-state index contributed by atoms with van der Waals surface area (Å²) in [4.78, 5) is 22.1. The number of carbonyl (C=O) groups excluding carboxylic acids is 1. The lowest BCUT2D eigenvalue weighted by Gasteiger charge is -2.09. The monoisotopic (exact) mass is 316 g/mol. The minimum atomic E-state index is -0.640. The number of furan rings is 1. The summed E-state index contributed by atoms with van der Waals surface area (Å²) in [6, 6.07) is 5.97. The Kier molecular flexibility index (Phi) is 3.49. The molecule has 3 rings (SSSR count). The van der Waals surface area contributed by atoms with Crippen molar-refractivity contribution < 1.29 is 23.6 Å². The summed E-state index contributed by atoms with van der Waals surface area (Å²) < 4.78 is 15.5. The van der Waals surface area contributed by atoms with Crippen LogP contribution in [0.3, 0.4) is 0 Å². The molecule has 0 spiro atoms. The topological polar surface area (TPSA) is 104 Å². The van der Waals surface area contributed by atoms with Gasteiger partial charge < -0.3 is 19.2 Å². The van der Waals surface area contributed by atoms with Crippen LogP contribution in [0.2, 0.25) is 0 Å². The summed E-state index contributed by atoms with van der Waals surface area (Å²) in [6.45, 7) is 0. The minimum absolute atomic E-state index is 0.212. The van der Waals surface area contributed by atoms with E-state index in [1.54, 1.807) is 12.1 Å². The third kappa shape index (κ3) is 2.50. The first-order chi connectivity index (χ1) is 11.0. The second-order valence-electron chi connectivity index (χ2n) is 4.70. The van der Waals surface area contributed by atoms with Crippen molar-refractivity contribution in [2.75, 3.05) is 19.5 Å². The fourth-order valence-electron chi connectivity index (χ4n) is 2.32. The number of nitrogens with one attached hydrogen (secondary N) is 1. The van der Waals surface area contributed by atoms with Crippen LogP contribution in [0.1, 0.15) is 11.3 Å². The minimum Gasteiger partial charge on any atom is -0.493 e. The van der Waals surface area contributed by atoms with E-state index in [1.165, 1.54) is 32.4 Å². The molecule has 118 valence electrons. The number of rotatable bonds is 4. The van der Waals surface area contributed by atoms with Gasteiger partial charge in [0.15, 0.2) is 11.5 Å². The standard InChI is InChI=1S/C15H12N2O6/c1-21-12-6-9-10(5-8-3-4-14(23-8)17(19)20)15(18)16-11(9)7-13(12)22-2/h3-7H,1-2H3,(H,16,18). The van der Waals surface area contributed by atoms with E-state index < -0.39 is 4.92 Å². The predicted molar refractivity (Wildman–Crippen MR) is 81.4 cm³/mol. The van der Waals surface area contributed by atoms with Crippen LogP contribution in [0.5, 0.6) is 11.5 Å². The molecule has 0 atom stereocenters. The number of methoxy groups -OCH3 is 2. The number of amides is 1. The van der Waals surface area contributed by atoms with E-state index in [-0.39, 0.29) is 17.6 Å². The van der Waals surface area contributed by atoms with Crippen LogP contribution in [0.4, 0.5) is 11.6 Å². The molecule has 1 amide bonds. The van der Waals surface area contributed by atoms with Crippen molar-refractivity contribution in [1.82, 2.24) is 0 Å². The molecule has 0 saturated carbocycles. The molecule has 2 heterocycles. The van der Waals surface area contributed by atoms with Crippen molar-refractivity contribution in [2.24, 2.45) is 0 Å². The largest absolute Gasteiger partial charge is 0.493 e. The molecule has 0 fully saturated rings. The molecule has 0 radical (unpaired) electrons. The Balaban J connectivity index is 2.06. The van der Waals surface area contributed by atoms with Crippen LogP contribution >= 0.6 is 0 Å². The summed E-state index contributed by atoms with van der Waals surface area (Å²) >= 11 is 0. The molecule has 8 nitrogen and oxygen atoms in total. The van der Waals surface area contributed by atoms with E-state index in [1.807, 2.05) is 0 Å². The van der Waals surface area contributed by atoms with Gasteiger partial charge in [0.05, 0.1) is 31.5 Å². The number of benzene rings is 1. The summed E-state index contributed by atoms with van der Waals surface area (Å²) in [7, 11) is 2.99. The van der Waals surface area contributed by atoms with Crippen LogP contribution in [-0.2, 0) is 4.79 Å². The zero-order valence-electron chi connectivity index (χ0n) is 12.3. The summed E-state index contributed by atoms with van der Waals surface area (Å²) in [6.07, 6.45) is 1.44. The van der Waals surface area contributed by atoms with E-state index in [9.17, 15) is 14.9 Å². The Morgan fingerprint density at radius 3 is 2.52 bits per heavy atom. The zero-order chi connectivity index (χ0) is 16.6. The predicted octanol–water partition coefficient (Wildman–Crippen LogP) is 2.70. The molecule has 8 heteroatoms. The third-order valence-corrected chi connectivity index (χ3v) is 3.39. The van der Waals surface area contributed by atoms with Gasteiger partial charge in [0.25, 0.3) is 5.91 Å². The van der Waals surface area contributed by atoms with Gasteiger partial charge in [-0.25, -0.2) is 0 Å². The number of anilines is 1. The summed E-state index contributed by atoms with van der Waals surface area (Å²) in [5, 5.41) is 13.4. The smallest absolute Gasteiger partial charge is 0.433 e. The molecule has 1 N–H and O–H groups in total. The van der Waals surface area contributed by atoms with E-state index >= 15 is 0 Å². The van der Waals surface area contributed by atoms with Gasteiger partial charge >= 0.3 is 5.88 Å². The lowest BCUT2D eigenvalue weighted by molar-refractivity contribution is -0.402. The van der Waals surface area contributed by atoms with Gasteiger partial charge in [-0.1, -0.05) is 0 Å². The van der Waals surface area contributed by atoms with E-state index in [2.05, 4.69) is 5.32 Å². The van der Waals surface area contributed by atoms with Gasteiger partial charge in [-0.3, -0.25) is 14.9 Å². The van der Waals surface area contributed by atoms with Crippen LogP contribution in [0.25, 0.3) is 11.6 Å². The van der Waals surface area contributed by atoms with Gasteiger partial charge in [-0.2, -0.15) is 0 Å². The van der Waals surface area contributed by atoms with Gasteiger partial charge in [0.2, 0.25) is 0 Å². The first kappa shape index (κ1) is 14.6. The highest BCUT2D eigenvalue weighted by Crippen LogP contribution is 2.41. The maximum absolute atomic E-state index is 12.1. The molecule has 1 aliphatic rings. The number of hydrogen-bond acceptors (Lipinski definition) is 6. The highest BCUT2D eigenvalue weighted by molar-refractivity contribution is 6.35. The van der Waals surface area contributed by atoms with Crippen LogP contribution in [-0.4, -0.2) is 25.1 Å². The second-order valence-corrected chi connectivity index (χ2v) is 4.70. The Labute approximate surface area is 130 Å². The lowest BCUT2D eigenvalue weighted by Crippen LogP contribution is -2.03. The van der Waals surface area contributed by atoms with Gasteiger partial charge in [-0.15, -0.1) is 0 Å². The highest BCUT2D eigenvalue weighted by Gasteiger charge is 2.27. The maximum Gasteiger partial charge on any atom is 0.433 e. The van der Waals surface area contributed by atoms with E-state index in [4.69, 9.17) is 13.9 Å². The number of fused-ring (bicyclic) bond motifs is 1. The van der Waals surface area contributed by atoms with Crippen molar-refractivity contribution in [3.8, 4) is 11.5 Å². The average molecular weight is 316 g/mol. The quantitative estimate of drug-likeness (QED) is 0.528. The first-order valence-electron chi connectivity index (χ1n) is 6.57. The van der Waals surface area contributed by atoms with Crippen molar-refractivity contribution in [3.63, 3.8) is 0 Å². The molecule has 1 aliphatic heterocycles. The van der Waals surface area contributed by atoms with Gasteiger partial charge in [-0.05, 0) is 18.2 Å². The van der Waals surface area contributed by atoms with Crippen LogP contribution in [0.15, 0.2) is 28.7 Å². The number of carbonyl (C=O) groups is 1. The molecule has 1 aromatic carbocycles. The molecule has 2 aromatic rings. The molecule has 0 saturated heterocycles. The number of nitro groups is 1. The second kappa shape index (κ2) is 5.48. The van der Waals surface area contributed by atoms with Gasteiger partial charge in [0.1, 0.15) is 10.7 Å². The van der Waals surface area contributed by atoms with E-state index in [0.717, 1.165) is 0 Å². The molecular formula is C15H12N2O6. The van der Waals surface area contributed by atoms with Crippen LogP contribution in [0, 0.1) is 10.1 Å². The van der Waals surface area contributed by atoms with Crippen molar-refractivity contribution in [2.45, 2.75) is 0 Å². The molecule has 0 bridgehead atoms. The fourth-order valence-corrected chi connectivity index (χ4v) is 2.32. The summed E-state index contributed by atoms with van der Waals surface area (Å²) in [5.74, 6) is 0.446. The molecule has 0 unspecified atom stereocenters. The van der Waals surface area contributed by atoms with Crippen LogP contribution < -0.4 is 14.8 Å². The zero-order valence-corrected chi connectivity index (χ0v) is 12.3. The van der Waals surface area contributed by atoms with Crippen molar-refractivity contribution in [1.29, 1.82) is 0 Å². The molecule has 1 aromatic heterocycles. The normalized spacial score (nSPS) is 14.5. The Morgan fingerprint density at radius 2 is 1.91 bits per heavy atom. The molecular weight excluding hydrogens is 304 g/mol. The lowest BCUT2D eigenvalue weighted by atomic mass is 10.1. The number of ether oxygens (including phenoxy) is 2. The third-order valence-electron chi connectivity index (χ3n) is 3.39. The summed E-state index contributed by atoms with van der Waals surface area (Å²) in [5.41, 5.74) is 1.50. The van der Waals surface area contributed by atoms with Crippen molar-refractivity contribution in [3.05, 3.63) is 45.7 Å².